The lowest BCUT2D eigenvalue weighted by Gasteiger charge is -2.18. The van der Waals surface area contributed by atoms with E-state index in [1.54, 1.807) is 49.5 Å². The van der Waals surface area contributed by atoms with Gasteiger partial charge in [0.2, 0.25) is 5.91 Å². The summed E-state index contributed by atoms with van der Waals surface area (Å²) in [6, 6.07) is 13.0. The van der Waals surface area contributed by atoms with Crippen molar-refractivity contribution in [2.45, 2.75) is 13.3 Å². The molecule has 0 heterocycles. The van der Waals surface area contributed by atoms with Gasteiger partial charge in [-0.1, -0.05) is 25.1 Å². The third-order valence-electron chi connectivity index (χ3n) is 4.69. The number of para-hydroxylation sites is 1. The highest BCUT2D eigenvalue weighted by atomic mass is 19.1. The summed E-state index contributed by atoms with van der Waals surface area (Å²) in [7, 11) is 1.66. The lowest BCUT2D eigenvalue weighted by Crippen LogP contribution is -2.31. The number of nitrogens with one attached hydrogen (secondary N) is 1. The van der Waals surface area contributed by atoms with Crippen molar-refractivity contribution >= 4 is 17.5 Å². The molecule has 1 N–H and O–H groups in total. The van der Waals surface area contributed by atoms with Crippen LogP contribution in [-0.4, -0.2) is 36.9 Å². The molecule has 27 heavy (non-hydrogen) atoms. The van der Waals surface area contributed by atoms with Crippen molar-refractivity contribution < 1.29 is 18.7 Å². The third-order valence-corrected chi connectivity index (χ3v) is 4.69. The van der Waals surface area contributed by atoms with Crippen molar-refractivity contribution in [3.63, 3.8) is 0 Å². The fourth-order valence-corrected chi connectivity index (χ4v) is 2.83. The molecule has 142 valence electrons. The lowest BCUT2D eigenvalue weighted by atomic mass is 10.1. The van der Waals surface area contributed by atoms with Crippen LogP contribution >= 0.6 is 0 Å². The van der Waals surface area contributed by atoms with E-state index in [9.17, 15) is 14.0 Å². The monoisotopic (exact) mass is 370 g/mol. The molecule has 2 aromatic carbocycles. The Bertz CT molecular complexity index is 840. The third kappa shape index (κ3) is 4.84. The first-order valence-corrected chi connectivity index (χ1v) is 8.99. The maximum Gasteiger partial charge on any atom is 0.253 e. The maximum absolute atomic E-state index is 13.5. The van der Waals surface area contributed by atoms with E-state index < -0.39 is 5.82 Å². The number of rotatable bonds is 7. The molecule has 5 nitrogen and oxygen atoms in total. The van der Waals surface area contributed by atoms with Crippen molar-refractivity contribution in [1.29, 1.82) is 0 Å². The Hall–Kier alpha value is -2.89. The molecule has 0 spiro atoms. The molecule has 2 aromatic rings. The second-order valence-electron chi connectivity index (χ2n) is 6.90. The fraction of sp³-hybridized carbons (Fsp3) is 0.333. The molecular weight excluding hydrogens is 347 g/mol. The Morgan fingerprint density at radius 2 is 1.96 bits per heavy atom. The number of nitrogens with zero attached hydrogens (tertiary/aromatic N) is 1. The Kier molecular flexibility index (Phi) is 5.74. The van der Waals surface area contributed by atoms with Crippen LogP contribution in [0.25, 0.3) is 0 Å². The van der Waals surface area contributed by atoms with E-state index in [4.69, 9.17) is 4.74 Å². The standard InChI is InChI=1S/C21H23FN2O3/c1-14-12-17(14)20(25)23-16-7-5-6-15(13-16)21(26)24(2)10-11-27-19-9-4-3-8-18(19)22/h3-9,13-14,17H,10-12H2,1-2H3,(H,23,25). The summed E-state index contributed by atoms with van der Waals surface area (Å²) < 4.78 is 18.9. The van der Waals surface area contributed by atoms with E-state index in [-0.39, 0.29) is 30.1 Å². The zero-order valence-corrected chi connectivity index (χ0v) is 15.4. The zero-order chi connectivity index (χ0) is 19.4. The van der Waals surface area contributed by atoms with Gasteiger partial charge in [0.05, 0.1) is 6.54 Å². The van der Waals surface area contributed by atoms with Crippen LogP contribution < -0.4 is 10.1 Å². The van der Waals surface area contributed by atoms with E-state index in [2.05, 4.69) is 5.32 Å². The van der Waals surface area contributed by atoms with Crippen molar-refractivity contribution in [1.82, 2.24) is 4.90 Å². The van der Waals surface area contributed by atoms with Gasteiger partial charge >= 0.3 is 0 Å². The van der Waals surface area contributed by atoms with Crippen LogP contribution in [0, 0.1) is 17.7 Å². The van der Waals surface area contributed by atoms with E-state index >= 15 is 0 Å². The Balaban J connectivity index is 1.54. The summed E-state index contributed by atoms with van der Waals surface area (Å²) in [5, 5.41) is 2.86. The number of carbonyl (C=O) groups is 2. The summed E-state index contributed by atoms with van der Waals surface area (Å²) in [6.07, 6.45) is 0.912. The molecule has 6 heteroatoms. The number of benzene rings is 2. The zero-order valence-electron chi connectivity index (χ0n) is 15.4. The van der Waals surface area contributed by atoms with Gasteiger partial charge in [0.1, 0.15) is 6.61 Å². The summed E-state index contributed by atoms with van der Waals surface area (Å²) in [4.78, 5) is 26.1. The van der Waals surface area contributed by atoms with E-state index in [0.717, 1.165) is 6.42 Å². The predicted octanol–water partition coefficient (Wildman–Crippen LogP) is 3.57. The Morgan fingerprint density at radius 1 is 1.22 bits per heavy atom. The van der Waals surface area contributed by atoms with Crippen LogP contribution in [0.5, 0.6) is 5.75 Å². The van der Waals surface area contributed by atoms with Gasteiger partial charge in [-0.2, -0.15) is 0 Å². The van der Waals surface area contributed by atoms with Crippen LogP contribution in [0.4, 0.5) is 10.1 Å². The Labute approximate surface area is 158 Å². The summed E-state index contributed by atoms with van der Waals surface area (Å²) >= 11 is 0. The molecule has 1 saturated carbocycles. The fourth-order valence-electron chi connectivity index (χ4n) is 2.83. The normalized spacial score (nSPS) is 17.9. The number of anilines is 1. The first-order valence-electron chi connectivity index (χ1n) is 8.99. The number of hydrogen-bond acceptors (Lipinski definition) is 3. The number of carbonyl (C=O) groups excluding carboxylic acids is 2. The number of halogens is 1. The molecule has 0 aromatic heterocycles. The SMILES string of the molecule is CC1CC1C(=O)Nc1cccc(C(=O)N(C)CCOc2ccccc2F)c1. The number of amides is 2. The van der Waals surface area contributed by atoms with Gasteiger partial charge in [-0.05, 0) is 42.7 Å². The minimum Gasteiger partial charge on any atom is -0.489 e. The van der Waals surface area contributed by atoms with Crippen molar-refractivity contribution in [3.05, 3.63) is 59.9 Å². The molecule has 0 saturated heterocycles. The molecule has 0 bridgehead atoms. The van der Waals surface area contributed by atoms with Gasteiger partial charge in [-0.25, -0.2) is 4.39 Å². The molecule has 0 aliphatic heterocycles. The molecule has 2 unspecified atom stereocenters. The number of ether oxygens (including phenoxy) is 1. The average molecular weight is 370 g/mol. The molecule has 2 amide bonds. The molecule has 2 atom stereocenters. The summed E-state index contributed by atoms with van der Waals surface area (Å²) in [5.41, 5.74) is 1.09. The highest BCUT2D eigenvalue weighted by molar-refractivity contribution is 5.98. The largest absolute Gasteiger partial charge is 0.489 e. The summed E-state index contributed by atoms with van der Waals surface area (Å²) in [5.74, 6) is 0.0389. The van der Waals surface area contributed by atoms with Crippen LogP contribution in [0.2, 0.25) is 0 Å². The van der Waals surface area contributed by atoms with E-state index in [0.29, 0.717) is 23.7 Å². The quantitative estimate of drug-likeness (QED) is 0.811. The summed E-state index contributed by atoms with van der Waals surface area (Å²) in [6.45, 7) is 2.53. The molecule has 1 fully saturated rings. The average Bonchev–Trinajstić information content (AvgIpc) is 3.39. The van der Waals surface area contributed by atoms with E-state index in [1.165, 1.54) is 11.0 Å². The Morgan fingerprint density at radius 3 is 2.67 bits per heavy atom. The highest BCUT2D eigenvalue weighted by Gasteiger charge is 2.39. The number of likely N-dealkylation sites (N-methyl/N-ethyl adjacent to an activating group) is 1. The van der Waals surface area contributed by atoms with Crippen molar-refractivity contribution in [3.8, 4) is 5.75 Å². The molecule has 1 aliphatic carbocycles. The molecule has 0 radical (unpaired) electrons. The van der Waals surface area contributed by atoms with Gasteiger partial charge < -0.3 is 15.0 Å². The second-order valence-corrected chi connectivity index (χ2v) is 6.90. The van der Waals surface area contributed by atoms with Gasteiger partial charge in [0.15, 0.2) is 11.6 Å². The molecule has 1 aliphatic rings. The maximum atomic E-state index is 13.5. The lowest BCUT2D eigenvalue weighted by molar-refractivity contribution is -0.117. The number of hydrogen-bond donors (Lipinski definition) is 1. The van der Waals surface area contributed by atoms with Crippen LogP contribution in [0.1, 0.15) is 23.7 Å². The van der Waals surface area contributed by atoms with Crippen LogP contribution in [-0.2, 0) is 4.79 Å². The van der Waals surface area contributed by atoms with Crippen LogP contribution in [0.3, 0.4) is 0 Å². The van der Waals surface area contributed by atoms with Crippen LogP contribution in [0.15, 0.2) is 48.5 Å². The van der Waals surface area contributed by atoms with Gasteiger partial charge in [0.25, 0.3) is 5.91 Å². The van der Waals surface area contributed by atoms with Gasteiger partial charge in [-0.15, -0.1) is 0 Å². The van der Waals surface area contributed by atoms with Gasteiger partial charge in [-0.3, -0.25) is 9.59 Å². The molecular formula is C21H23FN2O3. The topological polar surface area (TPSA) is 58.6 Å². The predicted molar refractivity (Wildman–Crippen MR) is 101 cm³/mol. The second kappa shape index (κ2) is 8.20. The highest BCUT2D eigenvalue weighted by Crippen LogP contribution is 2.38. The first-order chi connectivity index (χ1) is 13.0. The van der Waals surface area contributed by atoms with E-state index in [1.807, 2.05) is 6.92 Å². The molecule has 3 rings (SSSR count). The van der Waals surface area contributed by atoms with Crippen molar-refractivity contribution in [2.24, 2.45) is 11.8 Å². The first kappa shape index (κ1) is 18.9. The van der Waals surface area contributed by atoms with Crippen molar-refractivity contribution in [2.75, 3.05) is 25.5 Å². The minimum absolute atomic E-state index is 0.00117. The van der Waals surface area contributed by atoms with Gasteiger partial charge in [0, 0.05) is 24.2 Å². The smallest absolute Gasteiger partial charge is 0.253 e. The minimum atomic E-state index is -0.431.